The minimum Gasteiger partial charge on any atom is -0.379 e. The van der Waals surface area contributed by atoms with Crippen molar-refractivity contribution in [1.29, 1.82) is 0 Å². The van der Waals surface area contributed by atoms with Gasteiger partial charge < -0.3 is 10.1 Å². The van der Waals surface area contributed by atoms with Gasteiger partial charge in [0, 0.05) is 6.61 Å². The molecule has 1 aromatic rings. The molecule has 1 aliphatic heterocycles. The van der Waals surface area contributed by atoms with Crippen LogP contribution in [0.3, 0.4) is 0 Å². The predicted octanol–water partition coefficient (Wildman–Crippen LogP) is 2.32. The van der Waals surface area contributed by atoms with E-state index in [9.17, 15) is 26.0 Å². The van der Waals surface area contributed by atoms with Gasteiger partial charge in [-0.1, -0.05) is 0 Å². The number of hydrogen-bond donors (Lipinski definition) is 1. The molecule has 20 heavy (non-hydrogen) atoms. The van der Waals surface area contributed by atoms with Crippen molar-refractivity contribution in [1.82, 2.24) is 0 Å². The van der Waals surface area contributed by atoms with E-state index in [0.29, 0.717) is 19.1 Å². The van der Waals surface area contributed by atoms with Gasteiger partial charge in [0.1, 0.15) is 10.7 Å². The van der Waals surface area contributed by atoms with Gasteiger partial charge in [-0.25, -0.2) is 12.8 Å². The summed E-state index contributed by atoms with van der Waals surface area (Å²) in [7, 11) is -5.61. The maximum atomic E-state index is 13.1. The van der Waals surface area contributed by atoms with Crippen LogP contribution < -0.4 is 5.32 Å². The molecule has 1 unspecified atom stereocenters. The lowest BCUT2D eigenvalue weighted by molar-refractivity contribution is -0.0435. The van der Waals surface area contributed by atoms with Crippen LogP contribution in [-0.2, 0) is 14.6 Å². The molecular formula is C11H11F4NO3S. The van der Waals surface area contributed by atoms with E-state index in [0.717, 1.165) is 12.1 Å². The molecule has 9 heteroatoms. The molecular weight excluding hydrogens is 302 g/mol. The average molecular weight is 313 g/mol. The van der Waals surface area contributed by atoms with Crippen molar-refractivity contribution in [2.24, 2.45) is 0 Å². The van der Waals surface area contributed by atoms with E-state index in [-0.39, 0.29) is 18.3 Å². The summed E-state index contributed by atoms with van der Waals surface area (Å²) in [6.07, 6.45) is 0.531. The summed E-state index contributed by atoms with van der Waals surface area (Å²) in [6, 6.07) is 1.93. The van der Waals surface area contributed by atoms with Gasteiger partial charge >= 0.3 is 5.51 Å². The Kier molecular flexibility index (Phi) is 3.92. The first-order valence-corrected chi connectivity index (χ1v) is 7.15. The highest BCUT2D eigenvalue weighted by molar-refractivity contribution is 7.92. The molecule has 0 saturated carbocycles. The van der Waals surface area contributed by atoms with Crippen LogP contribution in [0.15, 0.2) is 23.1 Å². The van der Waals surface area contributed by atoms with Crippen LogP contribution >= 0.6 is 0 Å². The van der Waals surface area contributed by atoms with Crippen LogP contribution in [-0.4, -0.2) is 33.2 Å². The quantitative estimate of drug-likeness (QED) is 0.870. The largest absolute Gasteiger partial charge is 0.501 e. The van der Waals surface area contributed by atoms with Crippen molar-refractivity contribution in [3.8, 4) is 0 Å². The Morgan fingerprint density at radius 2 is 2.00 bits per heavy atom. The third-order valence-electron chi connectivity index (χ3n) is 2.83. The van der Waals surface area contributed by atoms with E-state index in [1.165, 1.54) is 0 Å². The van der Waals surface area contributed by atoms with Crippen molar-refractivity contribution >= 4 is 15.5 Å². The molecule has 1 aromatic carbocycles. The molecule has 0 bridgehead atoms. The lowest BCUT2D eigenvalue weighted by Crippen LogP contribution is -2.26. The van der Waals surface area contributed by atoms with Gasteiger partial charge in [0.15, 0.2) is 0 Å². The second-order valence-corrected chi connectivity index (χ2v) is 6.20. The van der Waals surface area contributed by atoms with Crippen molar-refractivity contribution < 1.29 is 30.7 Å². The number of halogens is 4. The summed E-state index contributed by atoms with van der Waals surface area (Å²) < 4.78 is 78.8. The molecule has 2 rings (SSSR count). The number of nitrogens with one attached hydrogen (secondary N) is 1. The first-order valence-electron chi connectivity index (χ1n) is 5.67. The Balaban J connectivity index is 2.43. The van der Waals surface area contributed by atoms with Gasteiger partial charge in [-0.2, -0.15) is 13.2 Å². The lowest BCUT2D eigenvalue weighted by atomic mass is 10.2. The summed E-state index contributed by atoms with van der Waals surface area (Å²) >= 11 is 0. The molecule has 1 fully saturated rings. The molecule has 112 valence electrons. The number of benzene rings is 1. The smallest absolute Gasteiger partial charge is 0.379 e. The van der Waals surface area contributed by atoms with E-state index in [1.54, 1.807) is 0 Å². The summed E-state index contributed by atoms with van der Waals surface area (Å²) in [6.45, 7) is 0.684. The van der Waals surface area contributed by atoms with Crippen LogP contribution in [0.4, 0.5) is 23.2 Å². The Morgan fingerprint density at radius 1 is 1.30 bits per heavy atom. The number of alkyl halides is 3. The summed E-state index contributed by atoms with van der Waals surface area (Å²) in [5.74, 6) is -1.05. The third-order valence-corrected chi connectivity index (χ3v) is 4.35. The molecule has 1 N–H and O–H groups in total. The predicted molar refractivity (Wildman–Crippen MR) is 62.5 cm³/mol. The number of hydrogen-bond acceptors (Lipinski definition) is 4. The van der Waals surface area contributed by atoms with Crippen LogP contribution in [0.25, 0.3) is 0 Å². The zero-order valence-electron chi connectivity index (χ0n) is 10.1. The summed E-state index contributed by atoms with van der Waals surface area (Å²) in [4.78, 5) is -1.11. The monoisotopic (exact) mass is 313 g/mol. The molecule has 4 nitrogen and oxygen atoms in total. The van der Waals surface area contributed by atoms with E-state index in [2.05, 4.69) is 5.32 Å². The fourth-order valence-corrected chi connectivity index (χ4v) is 2.76. The minimum absolute atomic E-state index is 0.253. The molecule has 1 saturated heterocycles. The van der Waals surface area contributed by atoms with E-state index < -0.39 is 26.1 Å². The number of ether oxygens (including phenoxy) is 1. The average Bonchev–Trinajstić information content (AvgIpc) is 2.82. The van der Waals surface area contributed by atoms with E-state index in [4.69, 9.17) is 4.74 Å². The second-order valence-electron chi connectivity index (χ2n) is 4.29. The first kappa shape index (κ1) is 15.0. The first-order chi connectivity index (χ1) is 9.22. The van der Waals surface area contributed by atoms with E-state index in [1.807, 2.05) is 0 Å². The second kappa shape index (κ2) is 5.21. The highest BCUT2D eigenvalue weighted by Crippen LogP contribution is 2.35. The van der Waals surface area contributed by atoms with Crippen molar-refractivity contribution in [3.05, 3.63) is 24.0 Å². The van der Waals surface area contributed by atoms with Gasteiger partial charge in [0.05, 0.1) is 18.3 Å². The molecule has 0 aromatic heterocycles. The fourth-order valence-electron chi connectivity index (χ4n) is 1.83. The van der Waals surface area contributed by atoms with Crippen molar-refractivity contribution in [2.75, 3.05) is 18.5 Å². The van der Waals surface area contributed by atoms with Gasteiger partial charge in [-0.05, 0) is 24.6 Å². The van der Waals surface area contributed by atoms with Gasteiger partial charge in [-0.3, -0.25) is 0 Å². The molecule has 0 aliphatic carbocycles. The molecule has 1 heterocycles. The fraction of sp³-hybridized carbons (Fsp3) is 0.455. The minimum atomic E-state index is -5.61. The Labute approximate surface area is 112 Å². The lowest BCUT2D eigenvalue weighted by Gasteiger charge is -2.17. The summed E-state index contributed by atoms with van der Waals surface area (Å²) in [5, 5.41) is 2.64. The van der Waals surface area contributed by atoms with E-state index >= 15 is 0 Å². The Bertz CT molecular complexity index is 594. The number of anilines is 1. The molecule has 0 amide bonds. The van der Waals surface area contributed by atoms with Crippen LogP contribution in [0.5, 0.6) is 0 Å². The van der Waals surface area contributed by atoms with Gasteiger partial charge in [0.2, 0.25) is 0 Å². The van der Waals surface area contributed by atoms with Gasteiger partial charge in [-0.15, -0.1) is 0 Å². The van der Waals surface area contributed by atoms with Crippen molar-refractivity contribution in [2.45, 2.75) is 22.9 Å². The standard InChI is InChI=1S/C11H11F4NO3S/c12-7-1-2-9(16-8-3-4-19-6-8)10(5-7)20(17,18)11(13,14)15/h1-2,5,8,16H,3-4,6H2. The topological polar surface area (TPSA) is 55.4 Å². The molecule has 0 radical (unpaired) electrons. The van der Waals surface area contributed by atoms with Gasteiger partial charge in [0.25, 0.3) is 9.84 Å². The summed E-state index contributed by atoms with van der Waals surface area (Å²) in [5.41, 5.74) is -5.76. The van der Waals surface area contributed by atoms with Crippen molar-refractivity contribution in [3.63, 3.8) is 0 Å². The molecule has 1 atom stereocenters. The number of sulfone groups is 1. The zero-order chi connectivity index (χ0) is 15.0. The van der Waals surface area contributed by atoms with Crippen LogP contribution in [0.2, 0.25) is 0 Å². The Hall–Kier alpha value is -1.35. The normalized spacial score (nSPS) is 20.1. The number of rotatable bonds is 3. The highest BCUT2D eigenvalue weighted by Gasteiger charge is 2.48. The third kappa shape index (κ3) is 2.88. The Morgan fingerprint density at radius 3 is 2.55 bits per heavy atom. The maximum absolute atomic E-state index is 13.1. The van der Waals surface area contributed by atoms with Crippen LogP contribution in [0.1, 0.15) is 6.42 Å². The zero-order valence-corrected chi connectivity index (χ0v) is 10.9. The SMILES string of the molecule is O=S(=O)(c1cc(F)ccc1NC1CCOC1)C(F)(F)F. The molecule has 1 aliphatic rings. The van der Waals surface area contributed by atoms with Crippen LogP contribution in [0, 0.1) is 5.82 Å². The molecule has 0 spiro atoms. The highest BCUT2D eigenvalue weighted by atomic mass is 32.2. The maximum Gasteiger partial charge on any atom is 0.501 e.